The van der Waals surface area contributed by atoms with Crippen LogP contribution < -0.4 is 0 Å². The molecule has 0 radical (unpaired) electrons. The normalized spacial score (nSPS) is 20.2. The molecule has 1 aromatic rings. The van der Waals surface area contributed by atoms with Crippen molar-refractivity contribution in [2.75, 3.05) is 6.54 Å². The number of likely N-dealkylation sites (tertiary alicyclic amines) is 1. The summed E-state index contributed by atoms with van der Waals surface area (Å²) in [6, 6.07) is 5.81. The van der Waals surface area contributed by atoms with Crippen molar-refractivity contribution in [3.63, 3.8) is 0 Å². The van der Waals surface area contributed by atoms with Gasteiger partial charge in [0.05, 0.1) is 0 Å². The maximum absolute atomic E-state index is 12.1. The number of halogens is 2. The Kier molecular flexibility index (Phi) is 4.26. The van der Waals surface area contributed by atoms with E-state index in [0.29, 0.717) is 23.9 Å². The summed E-state index contributed by atoms with van der Waals surface area (Å²) < 4.78 is 0.960. The second-order valence-corrected chi connectivity index (χ2v) is 7.60. The summed E-state index contributed by atoms with van der Waals surface area (Å²) >= 11 is 9.61. The molecular formula is C15H19BrClNO. The third-order valence-corrected chi connectivity index (χ3v) is 4.66. The third-order valence-electron chi connectivity index (χ3n) is 3.82. The highest BCUT2D eigenvalue weighted by molar-refractivity contribution is 9.10. The minimum atomic E-state index is 0.175. The maximum atomic E-state index is 12.1. The number of hydrogen-bond donors (Lipinski definition) is 0. The van der Waals surface area contributed by atoms with Crippen LogP contribution in [0.15, 0.2) is 22.7 Å². The molecule has 4 heteroatoms. The van der Waals surface area contributed by atoms with Crippen LogP contribution in [-0.4, -0.2) is 17.4 Å². The summed E-state index contributed by atoms with van der Waals surface area (Å²) in [4.78, 5) is 14.0. The average Bonchev–Trinajstić information content (AvgIpc) is 2.64. The monoisotopic (exact) mass is 343 g/mol. The van der Waals surface area contributed by atoms with Gasteiger partial charge >= 0.3 is 0 Å². The first kappa shape index (κ1) is 14.9. The maximum Gasteiger partial charge on any atom is 0.223 e. The van der Waals surface area contributed by atoms with Gasteiger partial charge < -0.3 is 4.90 Å². The van der Waals surface area contributed by atoms with Crippen molar-refractivity contribution < 1.29 is 4.79 Å². The molecule has 0 N–H and O–H groups in total. The number of carbonyl (C=O) groups is 1. The molecule has 0 saturated carbocycles. The van der Waals surface area contributed by atoms with Gasteiger partial charge in [0.1, 0.15) is 0 Å². The van der Waals surface area contributed by atoms with Gasteiger partial charge in [-0.3, -0.25) is 4.79 Å². The minimum absolute atomic E-state index is 0.175. The molecule has 0 bridgehead atoms. The van der Waals surface area contributed by atoms with E-state index in [4.69, 9.17) is 11.6 Å². The Morgan fingerprint density at radius 1 is 1.42 bits per heavy atom. The van der Waals surface area contributed by atoms with Crippen molar-refractivity contribution in [3.8, 4) is 0 Å². The third kappa shape index (κ3) is 3.51. The lowest BCUT2D eigenvalue weighted by molar-refractivity contribution is -0.128. The Balaban J connectivity index is 2.10. The van der Waals surface area contributed by atoms with E-state index in [9.17, 15) is 4.79 Å². The van der Waals surface area contributed by atoms with E-state index in [1.807, 2.05) is 23.1 Å². The molecule has 1 unspecified atom stereocenters. The van der Waals surface area contributed by atoms with Crippen LogP contribution in [0, 0.1) is 11.3 Å². The molecule has 1 aromatic carbocycles. The Morgan fingerprint density at radius 3 is 2.63 bits per heavy atom. The van der Waals surface area contributed by atoms with E-state index in [-0.39, 0.29) is 11.3 Å². The molecule has 1 aliphatic rings. The Hall–Kier alpha value is -0.540. The second-order valence-electron chi connectivity index (χ2n) is 6.28. The fourth-order valence-electron chi connectivity index (χ4n) is 2.36. The lowest BCUT2D eigenvalue weighted by Crippen LogP contribution is -2.27. The summed E-state index contributed by atoms with van der Waals surface area (Å²) in [5.74, 6) is 0.660. The van der Waals surface area contributed by atoms with Gasteiger partial charge in [0.2, 0.25) is 5.91 Å². The zero-order valence-corrected chi connectivity index (χ0v) is 13.9. The summed E-state index contributed by atoms with van der Waals surface area (Å²) in [6.07, 6.45) is 0.650. The van der Waals surface area contributed by atoms with Crippen LogP contribution in [0.25, 0.3) is 0 Å². The number of benzene rings is 1. The molecular weight excluding hydrogens is 326 g/mol. The summed E-state index contributed by atoms with van der Waals surface area (Å²) in [7, 11) is 0. The molecule has 1 atom stereocenters. The van der Waals surface area contributed by atoms with Gasteiger partial charge in [-0.2, -0.15) is 0 Å². The van der Waals surface area contributed by atoms with Crippen molar-refractivity contribution in [3.05, 3.63) is 33.3 Å². The zero-order chi connectivity index (χ0) is 14.2. The average molecular weight is 345 g/mol. The van der Waals surface area contributed by atoms with Crippen molar-refractivity contribution >= 4 is 33.4 Å². The smallest absolute Gasteiger partial charge is 0.223 e. The molecule has 0 aromatic heterocycles. The molecule has 1 fully saturated rings. The lowest BCUT2D eigenvalue weighted by atomic mass is 9.80. The SMILES string of the molecule is CC(C)(C)C1CC(=O)N(Cc2ccc(Br)cc2Cl)C1. The molecule has 0 aliphatic carbocycles. The molecule has 2 nitrogen and oxygen atoms in total. The van der Waals surface area contributed by atoms with Crippen LogP contribution >= 0.6 is 27.5 Å². The minimum Gasteiger partial charge on any atom is -0.338 e. The van der Waals surface area contributed by atoms with Crippen LogP contribution in [0.1, 0.15) is 32.8 Å². The highest BCUT2D eigenvalue weighted by atomic mass is 79.9. The van der Waals surface area contributed by atoms with Crippen LogP contribution in [-0.2, 0) is 11.3 Å². The summed E-state index contributed by atoms with van der Waals surface area (Å²) in [6.45, 7) is 8.02. The number of carbonyl (C=O) groups excluding carboxylic acids is 1. The van der Waals surface area contributed by atoms with Gasteiger partial charge in [-0.25, -0.2) is 0 Å². The summed E-state index contributed by atoms with van der Waals surface area (Å²) in [5, 5.41) is 0.710. The van der Waals surface area contributed by atoms with Crippen LogP contribution in [0.2, 0.25) is 5.02 Å². The molecule has 2 rings (SSSR count). The number of rotatable bonds is 2. The van der Waals surface area contributed by atoms with E-state index < -0.39 is 0 Å². The molecule has 1 heterocycles. The predicted molar refractivity (Wildman–Crippen MR) is 82.1 cm³/mol. The molecule has 1 aliphatic heterocycles. The molecule has 104 valence electrons. The second kappa shape index (κ2) is 5.45. The standard InChI is InChI=1S/C15H19BrClNO/c1-15(2,3)11-6-14(19)18(9-11)8-10-4-5-12(16)7-13(10)17/h4-5,7,11H,6,8-9H2,1-3H3. The van der Waals surface area contributed by atoms with E-state index in [0.717, 1.165) is 16.6 Å². The quantitative estimate of drug-likeness (QED) is 0.773. The highest BCUT2D eigenvalue weighted by Gasteiger charge is 2.36. The van der Waals surface area contributed by atoms with Crippen molar-refractivity contribution in [2.24, 2.45) is 11.3 Å². The van der Waals surface area contributed by atoms with Gasteiger partial charge in [0.15, 0.2) is 0 Å². The Bertz CT molecular complexity index is 495. The van der Waals surface area contributed by atoms with E-state index in [1.165, 1.54) is 0 Å². The molecule has 19 heavy (non-hydrogen) atoms. The molecule has 0 spiro atoms. The fourth-order valence-corrected chi connectivity index (χ4v) is 3.09. The first-order valence-corrected chi connectivity index (χ1v) is 7.66. The van der Waals surface area contributed by atoms with Gasteiger partial charge in [-0.05, 0) is 29.0 Å². The van der Waals surface area contributed by atoms with Crippen LogP contribution in [0.4, 0.5) is 0 Å². The van der Waals surface area contributed by atoms with E-state index in [1.54, 1.807) is 0 Å². The first-order valence-electron chi connectivity index (χ1n) is 6.49. The molecule has 1 saturated heterocycles. The fraction of sp³-hybridized carbons (Fsp3) is 0.533. The summed E-state index contributed by atoms with van der Waals surface area (Å²) in [5.41, 5.74) is 1.18. The largest absolute Gasteiger partial charge is 0.338 e. The predicted octanol–water partition coefficient (Wildman–Crippen LogP) is 4.50. The Morgan fingerprint density at radius 2 is 2.11 bits per heavy atom. The van der Waals surface area contributed by atoms with Gasteiger partial charge in [-0.1, -0.05) is 54.4 Å². The Labute approximate surface area is 128 Å². The number of amides is 1. The van der Waals surface area contributed by atoms with Crippen LogP contribution in [0.5, 0.6) is 0 Å². The van der Waals surface area contributed by atoms with Gasteiger partial charge in [0, 0.05) is 29.0 Å². The molecule has 1 amide bonds. The number of nitrogens with zero attached hydrogens (tertiary/aromatic N) is 1. The topological polar surface area (TPSA) is 20.3 Å². The van der Waals surface area contributed by atoms with E-state index in [2.05, 4.69) is 36.7 Å². The number of hydrogen-bond acceptors (Lipinski definition) is 1. The van der Waals surface area contributed by atoms with Gasteiger partial charge in [-0.15, -0.1) is 0 Å². The van der Waals surface area contributed by atoms with Gasteiger partial charge in [0.25, 0.3) is 0 Å². The van der Waals surface area contributed by atoms with Crippen LogP contribution in [0.3, 0.4) is 0 Å². The van der Waals surface area contributed by atoms with Crippen molar-refractivity contribution in [1.29, 1.82) is 0 Å². The van der Waals surface area contributed by atoms with E-state index >= 15 is 0 Å². The zero-order valence-electron chi connectivity index (χ0n) is 11.5. The van der Waals surface area contributed by atoms with Crippen molar-refractivity contribution in [1.82, 2.24) is 4.90 Å². The highest BCUT2D eigenvalue weighted by Crippen LogP contribution is 2.35. The lowest BCUT2D eigenvalue weighted by Gasteiger charge is -2.26. The van der Waals surface area contributed by atoms with Crippen molar-refractivity contribution in [2.45, 2.75) is 33.7 Å². The first-order chi connectivity index (χ1) is 8.77.